The van der Waals surface area contributed by atoms with Crippen LogP contribution >= 0.6 is 0 Å². The molecule has 10 heavy (non-hydrogen) atoms. The molecule has 0 saturated heterocycles. The van der Waals surface area contributed by atoms with Crippen molar-refractivity contribution in [3.05, 3.63) is 12.2 Å². The zero-order chi connectivity index (χ0) is 7.98. The smallest absolute Gasteiger partial charge is 0.310 e. The Kier molecular flexibility index (Phi) is 4.63. The number of carboxylic acid groups (broad SMARTS) is 1. The standard InChI is InChI=1S/C8H14O2/c1-3-4-5-6-7(2)8(9)10/h5-7H,3-4H2,1-2H3,(H,9,10). The van der Waals surface area contributed by atoms with Crippen LogP contribution in [0.15, 0.2) is 12.2 Å². The molecule has 2 heteroatoms. The summed E-state index contributed by atoms with van der Waals surface area (Å²) in [7, 11) is 0. The van der Waals surface area contributed by atoms with Crippen molar-refractivity contribution in [1.82, 2.24) is 0 Å². The van der Waals surface area contributed by atoms with E-state index in [2.05, 4.69) is 6.92 Å². The third-order valence-corrected chi connectivity index (χ3v) is 1.27. The van der Waals surface area contributed by atoms with Crippen molar-refractivity contribution < 1.29 is 9.90 Å². The van der Waals surface area contributed by atoms with Gasteiger partial charge in [0.25, 0.3) is 0 Å². The third kappa shape index (κ3) is 4.13. The molecule has 0 aromatic rings. The molecule has 1 N–H and O–H groups in total. The molecule has 0 aliphatic carbocycles. The Morgan fingerprint density at radius 1 is 1.70 bits per heavy atom. The first-order valence-corrected chi connectivity index (χ1v) is 3.58. The number of carbonyl (C=O) groups is 1. The summed E-state index contributed by atoms with van der Waals surface area (Å²) in [5.74, 6) is -1.10. The molecule has 0 heterocycles. The molecule has 0 aliphatic rings. The van der Waals surface area contributed by atoms with E-state index in [1.54, 1.807) is 13.0 Å². The third-order valence-electron chi connectivity index (χ3n) is 1.27. The number of rotatable bonds is 4. The quantitative estimate of drug-likeness (QED) is 0.610. The molecule has 0 aromatic carbocycles. The van der Waals surface area contributed by atoms with E-state index in [-0.39, 0.29) is 5.92 Å². The lowest BCUT2D eigenvalue weighted by Crippen LogP contribution is -2.05. The summed E-state index contributed by atoms with van der Waals surface area (Å²) in [5.41, 5.74) is 0. The number of allylic oxidation sites excluding steroid dienone is 1. The SMILES string of the molecule is CCCC=CC(C)C(=O)O. The van der Waals surface area contributed by atoms with Gasteiger partial charge in [-0.05, 0) is 13.3 Å². The summed E-state index contributed by atoms with van der Waals surface area (Å²) >= 11 is 0. The zero-order valence-electron chi connectivity index (χ0n) is 6.50. The molecule has 1 unspecified atom stereocenters. The van der Waals surface area contributed by atoms with Crippen LogP contribution in [0.1, 0.15) is 26.7 Å². The van der Waals surface area contributed by atoms with E-state index < -0.39 is 5.97 Å². The molecule has 58 valence electrons. The Morgan fingerprint density at radius 2 is 2.30 bits per heavy atom. The highest BCUT2D eigenvalue weighted by Crippen LogP contribution is 1.98. The van der Waals surface area contributed by atoms with Crippen LogP contribution in [-0.2, 0) is 4.79 Å². The molecular weight excluding hydrogens is 128 g/mol. The molecule has 0 spiro atoms. The lowest BCUT2D eigenvalue weighted by Gasteiger charge is -1.95. The van der Waals surface area contributed by atoms with Crippen molar-refractivity contribution >= 4 is 5.97 Å². The predicted molar refractivity (Wildman–Crippen MR) is 40.8 cm³/mol. The van der Waals surface area contributed by atoms with Crippen LogP contribution in [-0.4, -0.2) is 11.1 Å². The van der Waals surface area contributed by atoms with Gasteiger partial charge in [0.05, 0.1) is 5.92 Å². The first kappa shape index (κ1) is 9.21. The molecule has 1 atom stereocenters. The highest BCUT2D eigenvalue weighted by molar-refractivity contribution is 5.71. The normalized spacial score (nSPS) is 13.8. The molecule has 2 nitrogen and oxygen atoms in total. The summed E-state index contributed by atoms with van der Waals surface area (Å²) < 4.78 is 0. The Labute approximate surface area is 61.6 Å². The summed E-state index contributed by atoms with van der Waals surface area (Å²) in [6.45, 7) is 3.74. The highest BCUT2D eigenvalue weighted by atomic mass is 16.4. The van der Waals surface area contributed by atoms with Crippen LogP contribution in [0.25, 0.3) is 0 Å². The first-order valence-electron chi connectivity index (χ1n) is 3.58. The second-order valence-electron chi connectivity index (χ2n) is 2.34. The molecule has 0 bridgehead atoms. The fraction of sp³-hybridized carbons (Fsp3) is 0.625. The molecule has 0 fully saturated rings. The average molecular weight is 142 g/mol. The monoisotopic (exact) mass is 142 g/mol. The Hall–Kier alpha value is -0.790. The number of carboxylic acids is 1. The maximum absolute atomic E-state index is 10.2. The van der Waals surface area contributed by atoms with E-state index >= 15 is 0 Å². The van der Waals surface area contributed by atoms with Gasteiger partial charge in [0, 0.05) is 0 Å². The number of hydrogen-bond donors (Lipinski definition) is 1. The van der Waals surface area contributed by atoms with E-state index in [0.717, 1.165) is 12.8 Å². The molecule has 0 radical (unpaired) electrons. The number of aliphatic carboxylic acids is 1. The predicted octanol–water partition coefficient (Wildman–Crippen LogP) is 2.06. The number of unbranched alkanes of at least 4 members (excludes halogenated alkanes) is 1. The van der Waals surface area contributed by atoms with Gasteiger partial charge in [-0.3, -0.25) is 4.79 Å². The van der Waals surface area contributed by atoms with E-state index in [1.165, 1.54) is 0 Å². The van der Waals surface area contributed by atoms with Gasteiger partial charge in [0.2, 0.25) is 0 Å². The van der Waals surface area contributed by atoms with E-state index in [4.69, 9.17) is 5.11 Å². The molecule has 0 rings (SSSR count). The van der Waals surface area contributed by atoms with E-state index in [1.807, 2.05) is 6.08 Å². The molecule has 0 amide bonds. The van der Waals surface area contributed by atoms with E-state index in [0.29, 0.717) is 0 Å². The average Bonchev–Trinajstić information content (AvgIpc) is 1.88. The van der Waals surface area contributed by atoms with Crippen molar-refractivity contribution in [3.63, 3.8) is 0 Å². The summed E-state index contributed by atoms with van der Waals surface area (Å²) in [4.78, 5) is 10.2. The molecular formula is C8H14O2. The Bertz CT molecular complexity index is 127. The van der Waals surface area contributed by atoms with Crippen LogP contribution in [0, 0.1) is 5.92 Å². The molecule has 0 aromatic heterocycles. The largest absolute Gasteiger partial charge is 0.481 e. The van der Waals surface area contributed by atoms with Gasteiger partial charge >= 0.3 is 5.97 Å². The van der Waals surface area contributed by atoms with Gasteiger partial charge in [0.1, 0.15) is 0 Å². The summed E-state index contributed by atoms with van der Waals surface area (Å²) in [6, 6.07) is 0. The van der Waals surface area contributed by atoms with Gasteiger partial charge in [0.15, 0.2) is 0 Å². The van der Waals surface area contributed by atoms with Crippen molar-refractivity contribution in [2.75, 3.05) is 0 Å². The zero-order valence-corrected chi connectivity index (χ0v) is 6.50. The maximum atomic E-state index is 10.2. The maximum Gasteiger partial charge on any atom is 0.310 e. The van der Waals surface area contributed by atoms with Crippen molar-refractivity contribution in [3.8, 4) is 0 Å². The minimum absolute atomic E-state index is 0.341. The van der Waals surface area contributed by atoms with Crippen LogP contribution in [0.5, 0.6) is 0 Å². The van der Waals surface area contributed by atoms with Gasteiger partial charge in [-0.15, -0.1) is 0 Å². The first-order chi connectivity index (χ1) is 4.68. The van der Waals surface area contributed by atoms with Crippen LogP contribution in [0.3, 0.4) is 0 Å². The van der Waals surface area contributed by atoms with Crippen LogP contribution in [0.4, 0.5) is 0 Å². The van der Waals surface area contributed by atoms with Gasteiger partial charge in [-0.1, -0.05) is 25.5 Å². The lowest BCUT2D eigenvalue weighted by molar-refractivity contribution is -0.139. The van der Waals surface area contributed by atoms with Crippen molar-refractivity contribution in [2.24, 2.45) is 5.92 Å². The minimum atomic E-state index is -0.757. The second-order valence-corrected chi connectivity index (χ2v) is 2.34. The Morgan fingerprint density at radius 3 is 2.70 bits per heavy atom. The molecule has 0 saturated carbocycles. The van der Waals surface area contributed by atoms with Gasteiger partial charge < -0.3 is 5.11 Å². The molecule has 0 aliphatic heterocycles. The van der Waals surface area contributed by atoms with Crippen LogP contribution < -0.4 is 0 Å². The van der Waals surface area contributed by atoms with E-state index in [9.17, 15) is 4.79 Å². The summed E-state index contributed by atoms with van der Waals surface area (Å²) in [5, 5.41) is 8.43. The van der Waals surface area contributed by atoms with Crippen LogP contribution in [0.2, 0.25) is 0 Å². The fourth-order valence-corrected chi connectivity index (χ4v) is 0.549. The Balaban J connectivity index is 3.55. The lowest BCUT2D eigenvalue weighted by atomic mass is 10.1. The second kappa shape index (κ2) is 5.03. The summed E-state index contributed by atoms with van der Waals surface area (Å²) in [6.07, 6.45) is 5.69. The van der Waals surface area contributed by atoms with Gasteiger partial charge in [-0.2, -0.15) is 0 Å². The van der Waals surface area contributed by atoms with Crippen molar-refractivity contribution in [2.45, 2.75) is 26.7 Å². The topological polar surface area (TPSA) is 37.3 Å². The highest BCUT2D eigenvalue weighted by Gasteiger charge is 2.03. The fourth-order valence-electron chi connectivity index (χ4n) is 0.549. The minimum Gasteiger partial charge on any atom is -0.481 e. The number of hydrogen-bond acceptors (Lipinski definition) is 1. The van der Waals surface area contributed by atoms with Gasteiger partial charge in [-0.25, -0.2) is 0 Å². The van der Waals surface area contributed by atoms with Crippen molar-refractivity contribution in [1.29, 1.82) is 0 Å².